The lowest BCUT2D eigenvalue weighted by Gasteiger charge is -2.23. The first-order valence-electron chi connectivity index (χ1n) is 7.94. The van der Waals surface area contributed by atoms with Gasteiger partial charge < -0.3 is 15.5 Å². The standard InChI is InChI=1S/C16H20N4O5/c1-17-16(23)13-7-4-8-19(13)15(22)10-18-14(21)9-11-5-2-3-6-12(11)20(24)25/h2-3,5-6,13H,4,7-10H2,1H3,(H,17,23)(H,18,21)/t13-/m0/s1. The van der Waals surface area contributed by atoms with Crippen LogP contribution >= 0.6 is 0 Å². The van der Waals surface area contributed by atoms with Gasteiger partial charge in [-0.2, -0.15) is 0 Å². The number of likely N-dealkylation sites (tertiary alicyclic amines) is 1. The predicted molar refractivity (Wildman–Crippen MR) is 88.6 cm³/mol. The Hall–Kier alpha value is -2.97. The van der Waals surface area contributed by atoms with Gasteiger partial charge >= 0.3 is 0 Å². The molecular weight excluding hydrogens is 328 g/mol. The minimum atomic E-state index is -0.550. The maximum atomic E-state index is 12.2. The number of carbonyl (C=O) groups is 3. The van der Waals surface area contributed by atoms with Gasteiger partial charge in [0.25, 0.3) is 5.69 Å². The number of hydrogen-bond donors (Lipinski definition) is 2. The number of para-hydroxylation sites is 1. The minimum Gasteiger partial charge on any atom is -0.357 e. The molecule has 2 rings (SSSR count). The lowest BCUT2D eigenvalue weighted by Crippen LogP contribution is -2.48. The Morgan fingerprint density at radius 1 is 1.32 bits per heavy atom. The summed E-state index contributed by atoms with van der Waals surface area (Å²) in [4.78, 5) is 47.8. The second kappa shape index (κ2) is 8.22. The summed E-state index contributed by atoms with van der Waals surface area (Å²) in [6.07, 6.45) is 1.13. The molecule has 1 aromatic rings. The molecule has 1 aliphatic rings. The summed E-state index contributed by atoms with van der Waals surface area (Å²) in [5.74, 6) is -1.06. The molecule has 25 heavy (non-hydrogen) atoms. The summed E-state index contributed by atoms with van der Waals surface area (Å²) in [6, 6.07) is 5.45. The van der Waals surface area contributed by atoms with E-state index < -0.39 is 16.9 Å². The summed E-state index contributed by atoms with van der Waals surface area (Å²) in [7, 11) is 1.51. The van der Waals surface area contributed by atoms with E-state index in [0.29, 0.717) is 13.0 Å². The van der Waals surface area contributed by atoms with Gasteiger partial charge in [0.15, 0.2) is 0 Å². The highest BCUT2D eigenvalue weighted by Gasteiger charge is 2.33. The van der Waals surface area contributed by atoms with Gasteiger partial charge in [0.1, 0.15) is 6.04 Å². The SMILES string of the molecule is CNC(=O)[C@@H]1CCCN1C(=O)CNC(=O)Cc1ccccc1[N+](=O)[O-]. The monoisotopic (exact) mass is 348 g/mol. The molecule has 0 radical (unpaired) electrons. The predicted octanol–water partition coefficient (Wildman–Crippen LogP) is -0.00950. The number of hydrogen-bond acceptors (Lipinski definition) is 5. The van der Waals surface area contributed by atoms with Gasteiger partial charge in [-0.3, -0.25) is 24.5 Å². The largest absolute Gasteiger partial charge is 0.357 e. The van der Waals surface area contributed by atoms with E-state index in [1.54, 1.807) is 6.07 Å². The van der Waals surface area contributed by atoms with E-state index >= 15 is 0 Å². The van der Waals surface area contributed by atoms with Crippen LogP contribution in [0, 0.1) is 10.1 Å². The van der Waals surface area contributed by atoms with E-state index in [-0.39, 0.29) is 36.0 Å². The van der Waals surface area contributed by atoms with Crippen molar-refractivity contribution in [3.05, 3.63) is 39.9 Å². The molecule has 2 N–H and O–H groups in total. The number of nitrogens with one attached hydrogen (secondary N) is 2. The lowest BCUT2D eigenvalue weighted by atomic mass is 10.1. The highest BCUT2D eigenvalue weighted by atomic mass is 16.6. The first-order valence-corrected chi connectivity index (χ1v) is 7.94. The zero-order valence-corrected chi connectivity index (χ0v) is 13.9. The average Bonchev–Trinajstić information content (AvgIpc) is 3.09. The Labute approximate surface area is 144 Å². The zero-order chi connectivity index (χ0) is 18.4. The summed E-state index contributed by atoms with van der Waals surface area (Å²) in [6.45, 7) is 0.226. The van der Waals surface area contributed by atoms with E-state index in [1.807, 2.05) is 0 Å². The Kier molecular flexibility index (Phi) is 6.04. The van der Waals surface area contributed by atoms with Crippen LogP contribution in [0.2, 0.25) is 0 Å². The van der Waals surface area contributed by atoms with Gasteiger partial charge in [-0.1, -0.05) is 18.2 Å². The van der Waals surface area contributed by atoms with Crippen LogP contribution in [0.5, 0.6) is 0 Å². The van der Waals surface area contributed by atoms with Crippen LogP contribution in [0.25, 0.3) is 0 Å². The second-order valence-corrected chi connectivity index (χ2v) is 5.70. The van der Waals surface area contributed by atoms with E-state index in [1.165, 1.54) is 30.1 Å². The van der Waals surface area contributed by atoms with Crippen molar-refractivity contribution in [3.63, 3.8) is 0 Å². The number of benzene rings is 1. The zero-order valence-electron chi connectivity index (χ0n) is 13.9. The Balaban J connectivity index is 1.91. The highest BCUT2D eigenvalue weighted by molar-refractivity contribution is 5.91. The van der Waals surface area contributed by atoms with Gasteiger partial charge in [0.05, 0.1) is 17.9 Å². The topological polar surface area (TPSA) is 122 Å². The van der Waals surface area contributed by atoms with Gasteiger partial charge in [-0.25, -0.2) is 0 Å². The second-order valence-electron chi connectivity index (χ2n) is 5.70. The van der Waals surface area contributed by atoms with Crippen molar-refractivity contribution in [2.45, 2.75) is 25.3 Å². The van der Waals surface area contributed by atoms with Gasteiger partial charge in [-0.05, 0) is 12.8 Å². The van der Waals surface area contributed by atoms with Crippen LogP contribution in [-0.4, -0.2) is 53.7 Å². The molecule has 0 saturated carbocycles. The number of nitro benzene ring substituents is 1. The van der Waals surface area contributed by atoms with Crippen molar-refractivity contribution in [2.75, 3.05) is 20.1 Å². The van der Waals surface area contributed by atoms with Crippen molar-refractivity contribution in [2.24, 2.45) is 0 Å². The third-order valence-electron chi connectivity index (χ3n) is 4.10. The molecule has 1 aromatic carbocycles. The van der Waals surface area contributed by atoms with Crippen LogP contribution in [0.4, 0.5) is 5.69 Å². The van der Waals surface area contributed by atoms with Crippen LogP contribution < -0.4 is 10.6 Å². The molecule has 3 amide bonds. The molecule has 1 atom stereocenters. The molecule has 0 bridgehead atoms. The summed E-state index contributed by atoms with van der Waals surface area (Å²) in [5, 5.41) is 15.9. The van der Waals surface area contributed by atoms with Crippen LogP contribution in [0.3, 0.4) is 0 Å². The van der Waals surface area contributed by atoms with Crippen LogP contribution in [-0.2, 0) is 20.8 Å². The number of nitrogens with zero attached hydrogens (tertiary/aromatic N) is 2. The van der Waals surface area contributed by atoms with Gasteiger partial charge in [0.2, 0.25) is 17.7 Å². The first kappa shape index (κ1) is 18.4. The van der Waals surface area contributed by atoms with Crippen molar-refractivity contribution in [1.82, 2.24) is 15.5 Å². The number of amides is 3. The number of likely N-dealkylation sites (N-methyl/N-ethyl adjacent to an activating group) is 1. The Bertz CT molecular complexity index is 691. The lowest BCUT2D eigenvalue weighted by molar-refractivity contribution is -0.385. The van der Waals surface area contributed by atoms with Crippen LogP contribution in [0.15, 0.2) is 24.3 Å². The number of rotatable bonds is 6. The maximum Gasteiger partial charge on any atom is 0.273 e. The van der Waals surface area contributed by atoms with E-state index in [0.717, 1.165) is 6.42 Å². The Morgan fingerprint density at radius 2 is 2.04 bits per heavy atom. The van der Waals surface area contributed by atoms with Crippen molar-refractivity contribution >= 4 is 23.4 Å². The summed E-state index contributed by atoms with van der Waals surface area (Å²) < 4.78 is 0. The Morgan fingerprint density at radius 3 is 2.72 bits per heavy atom. The third-order valence-corrected chi connectivity index (χ3v) is 4.10. The molecule has 1 aliphatic heterocycles. The smallest absolute Gasteiger partial charge is 0.273 e. The fraction of sp³-hybridized carbons (Fsp3) is 0.438. The fourth-order valence-electron chi connectivity index (χ4n) is 2.85. The number of carbonyl (C=O) groups excluding carboxylic acids is 3. The quantitative estimate of drug-likeness (QED) is 0.553. The van der Waals surface area contributed by atoms with E-state index in [2.05, 4.69) is 10.6 Å². The molecule has 0 aliphatic carbocycles. The van der Waals surface area contributed by atoms with Gasteiger partial charge in [-0.15, -0.1) is 0 Å². The molecule has 9 nitrogen and oxygen atoms in total. The molecule has 0 spiro atoms. The molecule has 134 valence electrons. The molecule has 0 aromatic heterocycles. The molecule has 0 unspecified atom stereocenters. The molecule has 9 heteroatoms. The maximum absolute atomic E-state index is 12.2. The minimum absolute atomic E-state index is 0.136. The summed E-state index contributed by atoms with van der Waals surface area (Å²) >= 11 is 0. The fourth-order valence-corrected chi connectivity index (χ4v) is 2.85. The van der Waals surface area contributed by atoms with Gasteiger partial charge in [0, 0.05) is 25.2 Å². The third kappa shape index (κ3) is 4.52. The van der Waals surface area contributed by atoms with E-state index in [4.69, 9.17) is 0 Å². The number of nitro groups is 1. The van der Waals surface area contributed by atoms with Crippen molar-refractivity contribution in [1.29, 1.82) is 0 Å². The summed E-state index contributed by atoms with van der Waals surface area (Å²) in [5.41, 5.74) is 0.144. The normalized spacial score (nSPS) is 16.4. The van der Waals surface area contributed by atoms with Crippen molar-refractivity contribution in [3.8, 4) is 0 Å². The van der Waals surface area contributed by atoms with Crippen molar-refractivity contribution < 1.29 is 19.3 Å². The van der Waals surface area contributed by atoms with E-state index in [9.17, 15) is 24.5 Å². The average molecular weight is 348 g/mol. The van der Waals surface area contributed by atoms with Crippen LogP contribution in [0.1, 0.15) is 18.4 Å². The highest BCUT2D eigenvalue weighted by Crippen LogP contribution is 2.18. The first-order chi connectivity index (χ1) is 11.9. The molecular formula is C16H20N4O5. The molecule has 1 saturated heterocycles. The molecule has 1 fully saturated rings. The molecule has 1 heterocycles.